The fourth-order valence-corrected chi connectivity index (χ4v) is 0.562. The van der Waals surface area contributed by atoms with Gasteiger partial charge in [0.1, 0.15) is 12.6 Å². The van der Waals surface area contributed by atoms with Gasteiger partial charge in [0.25, 0.3) is 0 Å². The van der Waals surface area contributed by atoms with Gasteiger partial charge < -0.3 is 4.74 Å². The van der Waals surface area contributed by atoms with Crippen molar-refractivity contribution in [2.24, 2.45) is 0 Å². The Kier molecular flexibility index (Phi) is 1.84. The molecular formula is C5H7N2O. The number of nitrogens with one attached hydrogen (secondary N) is 1. The topological polar surface area (TPSA) is 45.0 Å². The average Bonchev–Trinajstić information content (AvgIpc) is 1.90. The molecule has 0 aromatic rings. The molecule has 0 amide bonds. The molecule has 8 heavy (non-hydrogen) atoms. The largest absolute Gasteiger partial charge is 0.371 e. The van der Waals surface area contributed by atoms with Crippen molar-refractivity contribution >= 4 is 0 Å². The van der Waals surface area contributed by atoms with Gasteiger partial charge in [-0.2, -0.15) is 5.26 Å². The maximum Gasteiger partial charge on any atom is 0.125 e. The third-order valence-electron chi connectivity index (χ3n) is 0.956. The normalized spacial score (nSPS) is 29.1. The van der Waals surface area contributed by atoms with E-state index < -0.39 is 0 Å². The highest BCUT2D eigenvalue weighted by Crippen LogP contribution is 1.94. The van der Waals surface area contributed by atoms with Crippen LogP contribution in [0.25, 0.3) is 0 Å². The molecule has 0 spiro atoms. The molecule has 43 valence electrons. The molecule has 0 aromatic heterocycles. The van der Waals surface area contributed by atoms with E-state index >= 15 is 0 Å². The van der Waals surface area contributed by atoms with Gasteiger partial charge >= 0.3 is 0 Å². The molecule has 0 aromatic carbocycles. The van der Waals surface area contributed by atoms with Gasteiger partial charge in [0.2, 0.25) is 0 Å². The Morgan fingerprint density at radius 1 is 1.88 bits per heavy atom. The monoisotopic (exact) mass is 111 g/mol. The number of hydrogen-bond acceptors (Lipinski definition) is 3. The lowest BCUT2D eigenvalue weighted by atomic mass is 10.3. The predicted molar refractivity (Wildman–Crippen MR) is 27.7 cm³/mol. The Morgan fingerprint density at radius 3 is 3.12 bits per heavy atom. The number of nitriles is 1. The van der Waals surface area contributed by atoms with Crippen molar-refractivity contribution in [1.82, 2.24) is 5.32 Å². The van der Waals surface area contributed by atoms with Gasteiger partial charge in [-0.05, 0) is 0 Å². The first-order valence-electron chi connectivity index (χ1n) is 2.51. The number of ether oxygens (including phenoxy) is 1. The van der Waals surface area contributed by atoms with E-state index in [-0.39, 0.29) is 6.04 Å². The lowest BCUT2D eigenvalue weighted by Crippen LogP contribution is -2.36. The summed E-state index contributed by atoms with van der Waals surface area (Å²) in [4.78, 5) is 0. The lowest BCUT2D eigenvalue weighted by Gasteiger charge is -2.16. The van der Waals surface area contributed by atoms with E-state index in [1.807, 2.05) is 6.07 Å². The molecular weight excluding hydrogens is 104 g/mol. The summed E-state index contributed by atoms with van der Waals surface area (Å²) in [5.41, 5.74) is 0. The van der Waals surface area contributed by atoms with Crippen LogP contribution in [-0.2, 0) is 4.74 Å². The third-order valence-corrected chi connectivity index (χ3v) is 0.956. The molecule has 1 rings (SSSR count). The predicted octanol–water partition coefficient (Wildman–Crippen LogP) is -0.340. The second-order valence-electron chi connectivity index (χ2n) is 1.57. The number of rotatable bonds is 0. The zero-order valence-corrected chi connectivity index (χ0v) is 4.42. The van der Waals surface area contributed by atoms with E-state index in [9.17, 15) is 0 Å². The molecule has 0 saturated carbocycles. The van der Waals surface area contributed by atoms with Gasteiger partial charge in [-0.3, -0.25) is 5.32 Å². The van der Waals surface area contributed by atoms with Gasteiger partial charge in [-0.1, -0.05) is 0 Å². The second kappa shape index (κ2) is 2.65. The van der Waals surface area contributed by atoms with Crippen molar-refractivity contribution in [1.29, 1.82) is 5.26 Å². The summed E-state index contributed by atoms with van der Waals surface area (Å²) < 4.78 is 4.86. The van der Waals surface area contributed by atoms with Crippen molar-refractivity contribution in [3.05, 3.63) is 6.61 Å². The quantitative estimate of drug-likeness (QED) is 0.465. The molecule has 0 aliphatic carbocycles. The molecule has 1 fully saturated rings. The van der Waals surface area contributed by atoms with Crippen molar-refractivity contribution in [3.8, 4) is 6.07 Å². The SMILES string of the molecule is N#CC1[CH]OCCN1. The number of hydrogen-bond donors (Lipinski definition) is 1. The molecule has 1 unspecified atom stereocenters. The van der Waals surface area contributed by atoms with E-state index in [1.165, 1.54) is 6.61 Å². The Balaban J connectivity index is 2.25. The molecule has 1 N–H and O–H groups in total. The first kappa shape index (κ1) is 5.54. The molecule has 1 radical (unpaired) electrons. The average molecular weight is 111 g/mol. The molecule has 0 bridgehead atoms. The number of morpholine rings is 1. The summed E-state index contributed by atoms with van der Waals surface area (Å²) >= 11 is 0. The van der Waals surface area contributed by atoms with Crippen LogP contribution < -0.4 is 5.32 Å². The highest BCUT2D eigenvalue weighted by molar-refractivity contribution is 4.97. The Hall–Kier alpha value is -0.590. The van der Waals surface area contributed by atoms with Gasteiger partial charge in [-0.25, -0.2) is 0 Å². The zero-order chi connectivity index (χ0) is 5.82. The fourth-order valence-electron chi connectivity index (χ4n) is 0.562. The minimum atomic E-state index is -0.205. The summed E-state index contributed by atoms with van der Waals surface area (Å²) in [7, 11) is 0. The molecule has 1 atom stereocenters. The van der Waals surface area contributed by atoms with Gasteiger partial charge in [0.05, 0.1) is 12.7 Å². The van der Waals surface area contributed by atoms with Crippen molar-refractivity contribution in [3.63, 3.8) is 0 Å². The summed E-state index contributed by atoms with van der Waals surface area (Å²) in [5.74, 6) is 0. The minimum absolute atomic E-state index is 0.205. The van der Waals surface area contributed by atoms with Crippen LogP contribution >= 0.6 is 0 Å². The summed E-state index contributed by atoms with van der Waals surface area (Å²) in [6, 6.07) is 1.81. The smallest absolute Gasteiger partial charge is 0.125 e. The van der Waals surface area contributed by atoms with Crippen molar-refractivity contribution in [2.75, 3.05) is 13.2 Å². The van der Waals surface area contributed by atoms with Gasteiger partial charge in [0.15, 0.2) is 0 Å². The third kappa shape index (κ3) is 1.19. The maximum absolute atomic E-state index is 8.27. The minimum Gasteiger partial charge on any atom is -0.371 e. The maximum atomic E-state index is 8.27. The van der Waals surface area contributed by atoms with Crippen LogP contribution in [0, 0.1) is 17.9 Å². The molecule has 3 nitrogen and oxygen atoms in total. The Bertz CT molecular complexity index is 101. The van der Waals surface area contributed by atoms with Crippen LogP contribution in [0.15, 0.2) is 0 Å². The van der Waals surface area contributed by atoms with Crippen LogP contribution in [0.1, 0.15) is 0 Å². The molecule has 1 saturated heterocycles. The van der Waals surface area contributed by atoms with E-state index in [0.29, 0.717) is 6.61 Å². The highest BCUT2D eigenvalue weighted by atomic mass is 16.5. The van der Waals surface area contributed by atoms with E-state index in [0.717, 1.165) is 6.54 Å². The van der Waals surface area contributed by atoms with E-state index in [1.54, 1.807) is 0 Å². The molecule has 1 heterocycles. The highest BCUT2D eigenvalue weighted by Gasteiger charge is 2.10. The van der Waals surface area contributed by atoms with E-state index in [4.69, 9.17) is 10.00 Å². The van der Waals surface area contributed by atoms with Crippen LogP contribution in [0.5, 0.6) is 0 Å². The second-order valence-corrected chi connectivity index (χ2v) is 1.57. The van der Waals surface area contributed by atoms with E-state index in [2.05, 4.69) is 5.32 Å². The summed E-state index contributed by atoms with van der Waals surface area (Å²) in [6.07, 6.45) is 0. The summed E-state index contributed by atoms with van der Waals surface area (Å²) in [6.45, 7) is 2.97. The van der Waals surface area contributed by atoms with Gasteiger partial charge in [0, 0.05) is 6.54 Å². The number of nitrogens with zero attached hydrogens (tertiary/aromatic N) is 1. The Labute approximate surface area is 48.2 Å². The first-order valence-corrected chi connectivity index (χ1v) is 2.51. The van der Waals surface area contributed by atoms with Crippen LogP contribution in [0.2, 0.25) is 0 Å². The molecule has 1 aliphatic rings. The fraction of sp³-hybridized carbons (Fsp3) is 0.600. The molecule has 1 aliphatic heterocycles. The van der Waals surface area contributed by atoms with Crippen LogP contribution in [0.3, 0.4) is 0 Å². The lowest BCUT2D eigenvalue weighted by molar-refractivity contribution is 0.152. The van der Waals surface area contributed by atoms with Crippen molar-refractivity contribution in [2.45, 2.75) is 6.04 Å². The summed E-state index contributed by atoms with van der Waals surface area (Å²) in [5, 5.41) is 11.2. The first-order chi connectivity index (χ1) is 3.93. The van der Waals surface area contributed by atoms with Crippen LogP contribution in [-0.4, -0.2) is 19.2 Å². The Morgan fingerprint density at radius 2 is 2.75 bits per heavy atom. The van der Waals surface area contributed by atoms with Crippen molar-refractivity contribution < 1.29 is 4.74 Å². The van der Waals surface area contributed by atoms with Gasteiger partial charge in [-0.15, -0.1) is 0 Å². The van der Waals surface area contributed by atoms with Crippen LogP contribution in [0.4, 0.5) is 0 Å². The zero-order valence-electron chi connectivity index (χ0n) is 4.42. The molecule has 3 heteroatoms. The standard InChI is InChI=1S/C5H7N2O/c6-3-5-4-8-2-1-7-5/h4-5,7H,1-2H2.